The third kappa shape index (κ3) is 5.81. The van der Waals surface area contributed by atoms with Gasteiger partial charge >= 0.3 is 0 Å². The molecule has 2 aromatic carbocycles. The number of carbonyl (C=O) groups excluding carboxylic acids is 1. The van der Waals surface area contributed by atoms with Crippen LogP contribution in [0.5, 0.6) is 0 Å². The van der Waals surface area contributed by atoms with Crippen LogP contribution < -0.4 is 4.90 Å². The van der Waals surface area contributed by atoms with Gasteiger partial charge in [-0.05, 0) is 54.1 Å². The average Bonchev–Trinajstić information content (AvgIpc) is 3.49. The minimum atomic E-state index is 0.0160. The summed E-state index contributed by atoms with van der Waals surface area (Å²) in [6, 6.07) is 19.4. The molecule has 2 aromatic heterocycles. The topological polar surface area (TPSA) is 67.4 Å². The summed E-state index contributed by atoms with van der Waals surface area (Å²) in [6.45, 7) is 1.00. The molecular formula is C25H26ClN5O2S. The first kappa shape index (κ1) is 23.9. The number of thioether (sulfide) groups is 1. The molecule has 0 spiro atoms. The van der Waals surface area contributed by atoms with Crippen molar-refractivity contribution in [3.63, 3.8) is 0 Å². The van der Waals surface area contributed by atoms with Crippen LogP contribution in [-0.2, 0) is 17.9 Å². The molecular weight excluding hydrogens is 470 g/mol. The van der Waals surface area contributed by atoms with Crippen LogP contribution in [0.15, 0.2) is 76.5 Å². The molecule has 0 atom stereocenters. The van der Waals surface area contributed by atoms with Gasteiger partial charge in [0.1, 0.15) is 5.76 Å². The first-order valence-electron chi connectivity index (χ1n) is 10.8. The minimum absolute atomic E-state index is 0.0160. The Labute approximate surface area is 208 Å². The Hall–Kier alpha value is -3.23. The number of anilines is 1. The number of rotatable bonds is 9. The first-order valence-corrected chi connectivity index (χ1v) is 12.1. The molecule has 0 fully saturated rings. The van der Waals surface area contributed by atoms with Crippen LogP contribution >= 0.6 is 23.4 Å². The summed E-state index contributed by atoms with van der Waals surface area (Å²) in [5, 5.41) is 10.1. The molecule has 0 saturated carbocycles. The van der Waals surface area contributed by atoms with Gasteiger partial charge in [0.25, 0.3) is 0 Å². The monoisotopic (exact) mass is 495 g/mol. The zero-order valence-electron chi connectivity index (χ0n) is 19.3. The molecule has 1 amide bonds. The lowest BCUT2D eigenvalue weighted by atomic mass is 10.2. The van der Waals surface area contributed by atoms with Crippen molar-refractivity contribution in [2.75, 3.05) is 31.8 Å². The number of hydrogen-bond acceptors (Lipinski definition) is 6. The SMILES string of the molecule is CN(Cc1ccc(N(C)C)cc1)C(=O)CSc1nnc(-c2ccc(Cl)cc2)n1Cc1ccco1. The molecule has 0 unspecified atom stereocenters. The van der Waals surface area contributed by atoms with Gasteiger partial charge in [0.05, 0.1) is 18.6 Å². The van der Waals surface area contributed by atoms with Crippen molar-refractivity contribution in [1.29, 1.82) is 0 Å². The Morgan fingerprint density at radius 2 is 1.76 bits per heavy atom. The van der Waals surface area contributed by atoms with Gasteiger partial charge in [-0.25, -0.2) is 0 Å². The van der Waals surface area contributed by atoms with Crippen molar-refractivity contribution in [2.45, 2.75) is 18.2 Å². The molecule has 0 aliphatic heterocycles. The summed E-state index contributed by atoms with van der Waals surface area (Å²) in [4.78, 5) is 16.6. The molecule has 0 saturated heterocycles. The van der Waals surface area contributed by atoms with E-state index in [-0.39, 0.29) is 11.7 Å². The fourth-order valence-corrected chi connectivity index (χ4v) is 4.41. The lowest BCUT2D eigenvalue weighted by Crippen LogP contribution is -2.28. The quantitative estimate of drug-likeness (QED) is 0.302. The number of nitrogens with zero attached hydrogens (tertiary/aromatic N) is 5. The van der Waals surface area contributed by atoms with Crippen molar-refractivity contribution in [3.8, 4) is 11.4 Å². The van der Waals surface area contributed by atoms with Crippen molar-refractivity contribution in [2.24, 2.45) is 0 Å². The third-order valence-corrected chi connectivity index (χ3v) is 6.54. The van der Waals surface area contributed by atoms with Crippen LogP contribution in [0.1, 0.15) is 11.3 Å². The molecule has 34 heavy (non-hydrogen) atoms. The van der Waals surface area contributed by atoms with E-state index in [9.17, 15) is 4.79 Å². The third-order valence-electron chi connectivity index (χ3n) is 5.34. The van der Waals surface area contributed by atoms with Crippen LogP contribution in [0, 0.1) is 0 Å². The number of amides is 1. The van der Waals surface area contributed by atoms with Crippen molar-refractivity contribution < 1.29 is 9.21 Å². The van der Waals surface area contributed by atoms with Gasteiger partial charge in [-0.3, -0.25) is 9.36 Å². The van der Waals surface area contributed by atoms with Gasteiger partial charge in [0.2, 0.25) is 5.91 Å². The second-order valence-corrected chi connectivity index (χ2v) is 9.46. The first-order chi connectivity index (χ1) is 16.4. The van der Waals surface area contributed by atoms with Crippen LogP contribution in [0.4, 0.5) is 5.69 Å². The molecule has 0 bridgehead atoms. The van der Waals surface area contributed by atoms with Crippen molar-refractivity contribution in [1.82, 2.24) is 19.7 Å². The standard InChI is InChI=1S/C25H26ClN5O2S/c1-29(2)21-12-6-18(7-13-21)15-30(3)23(32)17-34-25-28-27-24(19-8-10-20(26)11-9-19)31(25)16-22-5-4-14-33-22/h4-14H,15-17H2,1-3H3. The number of benzene rings is 2. The van der Waals surface area contributed by atoms with Crippen LogP contribution in [0.25, 0.3) is 11.4 Å². The maximum atomic E-state index is 12.8. The van der Waals surface area contributed by atoms with E-state index in [0.717, 1.165) is 22.6 Å². The molecule has 0 radical (unpaired) electrons. The van der Waals surface area contributed by atoms with Crippen molar-refractivity contribution >= 4 is 35.0 Å². The van der Waals surface area contributed by atoms with Gasteiger partial charge < -0.3 is 14.2 Å². The molecule has 4 aromatic rings. The number of aromatic nitrogens is 3. The van der Waals surface area contributed by atoms with E-state index in [4.69, 9.17) is 16.0 Å². The molecule has 0 aliphatic rings. The van der Waals surface area contributed by atoms with Crippen LogP contribution in [0.2, 0.25) is 5.02 Å². The van der Waals surface area contributed by atoms with E-state index < -0.39 is 0 Å². The smallest absolute Gasteiger partial charge is 0.233 e. The maximum absolute atomic E-state index is 12.8. The molecule has 0 N–H and O–H groups in total. The Kier molecular flexibility index (Phi) is 7.59. The van der Waals surface area contributed by atoms with Crippen molar-refractivity contribution in [3.05, 3.63) is 83.3 Å². The summed E-state index contributed by atoms with van der Waals surface area (Å²) >= 11 is 7.41. The Morgan fingerprint density at radius 3 is 2.41 bits per heavy atom. The zero-order chi connectivity index (χ0) is 24.1. The summed E-state index contributed by atoms with van der Waals surface area (Å²) < 4.78 is 7.50. The summed E-state index contributed by atoms with van der Waals surface area (Å²) in [7, 11) is 5.82. The normalized spacial score (nSPS) is 10.9. The average molecular weight is 496 g/mol. The molecule has 0 aliphatic carbocycles. The minimum Gasteiger partial charge on any atom is -0.467 e. The maximum Gasteiger partial charge on any atom is 0.233 e. The van der Waals surface area contributed by atoms with Crippen LogP contribution in [0.3, 0.4) is 0 Å². The molecule has 7 nitrogen and oxygen atoms in total. The summed E-state index contributed by atoms with van der Waals surface area (Å²) in [5.74, 6) is 1.74. The molecule has 4 rings (SSSR count). The van der Waals surface area contributed by atoms with E-state index in [1.165, 1.54) is 11.8 Å². The van der Waals surface area contributed by atoms with Gasteiger partial charge in [0, 0.05) is 44.0 Å². The van der Waals surface area contributed by atoms with E-state index in [2.05, 4.69) is 22.3 Å². The van der Waals surface area contributed by atoms with E-state index in [1.807, 2.05) is 79.1 Å². The fourth-order valence-electron chi connectivity index (χ4n) is 3.41. The van der Waals surface area contributed by atoms with Gasteiger partial charge in [-0.2, -0.15) is 0 Å². The highest BCUT2D eigenvalue weighted by atomic mass is 35.5. The number of hydrogen-bond donors (Lipinski definition) is 0. The Bertz CT molecular complexity index is 1220. The predicted octanol–water partition coefficient (Wildman–Crippen LogP) is 5.06. The van der Waals surface area contributed by atoms with E-state index in [1.54, 1.807) is 11.2 Å². The summed E-state index contributed by atoms with van der Waals surface area (Å²) in [6.07, 6.45) is 1.64. The number of halogens is 1. The van der Waals surface area contributed by atoms with Gasteiger partial charge in [-0.1, -0.05) is 35.5 Å². The van der Waals surface area contributed by atoms with Gasteiger partial charge in [0.15, 0.2) is 11.0 Å². The molecule has 9 heteroatoms. The number of furan rings is 1. The van der Waals surface area contributed by atoms with E-state index in [0.29, 0.717) is 29.1 Å². The highest BCUT2D eigenvalue weighted by Gasteiger charge is 2.18. The Balaban J connectivity index is 1.46. The lowest BCUT2D eigenvalue weighted by molar-refractivity contribution is -0.127. The largest absolute Gasteiger partial charge is 0.467 e. The second-order valence-electron chi connectivity index (χ2n) is 8.08. The predicted molar refractivity (Wildman–Crippen MR) is 136 cm³/mol. The van der Waals surface area contributed by atoms with E-state index >= 15 is 0 Å². The molecule has 176 valence electrons. The lowest BCUT2D eigenvalue weighted by Gasteiger charge is -2.18. The highest BCUT2D eigenvalue weighted by molar-refractivity contribution is 7.99. The Morgan fingerprint density at radius 1 is 1.03 bits per heavy atom. The zero-order valence-corrected chi connectivity index (χ0v) is 20.9. The summed E-state index contributed by atoms with van der Waals surface area (Å²) in [5.41, 5.74) is 3.10. The highest BCUT2D eigenvalue weighted by Crippen LogP contribution is 2.26. The van der Waals surface area contributed by atoms with Gasteiger partial charge in [-0.15, -0.1) is 10.2 Å². The van der Waals surface area contributed by atoms with Crippen LogP contribution in [-0.4, -0.2) is 52.5 Å². The fraction of sp³-hybridized carbons (Fsp3) is 0.240. The second kappa shape index (κ2) is 10.8. The number of carbonyl (C=O) groups is 1. The molecule has 2 heterocycles.